The minimum absolute atomic E-state index is 0.126. The topological polar surface area (TPSA) is 50.1 Å². The SMILES string of the molecule is CCCCCC1CCC(C(C)Cc2cc(F)c(C(=O)Oc3ccc(C#N)cc3)c(F)c2)CC1. The van der Waals surface area contributed by atoms with Gasteiger partial charge in [-0.2, -0.15) is 5.26 Å². The first kappa shape index (κ1) is 24.9. The summed E-state index contributed by atoms with van der Waals surface area (Å²) < 4.78 is 34.5. The highest BCUT2D eigenvalue weighted by Crippen LogP contribution is 2.37. The lowest BCUT2D eigenvalue weighted by molar-refractivity contribution is 0.0724. The lowest BCUT2D eigenvalue weighted by atomic mass is 9.73. The minimum atomic E-state index is -1.09. The van der Waals surface area contributed by atoms with E-state index in [-0.39, 0.29) is 5.75 Å². The molecule has 0 aromatic heterocycles. The van der Waals surface area contributed by atoms with Crippen LogP contribution in [0.15, 0.2) is 36.4 Å². The number of ether oxygens (including phenoxy) is 1. The third-order valence-electron chi connectivity index (χ3n) is 6.97. The zero-order valence-electron chi connectivity index (χ0n) is 19.6. The molecule has 0 radical (unpaired) electrons. The van der Waals surface area contributed by atoms with E-state index in [1.165, 1.54) is 87.8 Å². The maximum absolute atomic E-state index is 14.7. The molecule has 0 N–H and O–H groups in total. The van der Waals surface area contributed by atoms with Gasteiger partial charge in [-0.25, -0.2) is 13.6 Å². The fourth-order valence-corrected chi connectivity index (χ4v) is 4.96. The first-order valence-corrected chi connectivity index (χ1v) is 12.1. The molecule has 0 aliphatic heterocycles. The van der Waals surface area contributed by atoms with Crippen molar-refractivity contribution >= 4 is 5.97 Å². The Morgan fingerprint density at radius 2 is 1.73 bits per heavy atom. The Hall–Kier alpha value is -2.74. The van der Waals surface area contributed by atoms with Gasteiger partial charge in [0, 0.05) is 0 Å². The van der Waals surface area contributed by atoms with Gasteiger partial charge in [-0.3, -0.25) is 0 Å². The van der Waals surface area contributed by atoms with Gasteiger partial charge in [-0.1, -0.05) is 52.4 Å². The van der Waals surface area contributed by atoms with Gasteiger partial charge < -0.3 is 4.74 Å². The van der Waals surface area contributed by atoms with Crippen LogP contribution < -0.4 is 4.74 Å². The Morgan fingerprint density at radius 1 is 1.09 bits per heavy atom. The molecule has 33 heavy (non-hydrogen) atoms. The number of unbranched alkanes of at least 4 members (excludes halogenated alkanes) is 2. The van der Waals surface area contributed by atoms with E-state index in [0.29, 0.717) is 29.4 Å². The number of rotatable bonds is 9. The van der Waals surface area contributed by atoms with E-state index in [1.54, 1.807) is 0 Å². The maximum atomic E-state index is 14.7. The molecule has 3 nitrogen and oxygen atoms in total. The molecule has 0 amide bonds. The average molecular weight is 454 g/mol. The fourth-order valence-electron chi connectivity index (χ4n) is 4.96. The summed E-state index contributed by atoms with van der Waals surface area (Å²) in [7, 11) is 0. The number of esters is 1. The molecule has 1 saturated carbocycles. The van der Waals surface area contributed by atoms with E-state index >= 15 is 0 Å². The second-order valence-corrected chi connectivity index (χ2v) is 9.42. The summed E-state index contributed by atoms with van der Waals surface area (Å²) in [5.41, 5.74) is 0.274. The molecular formula is C28H33F2NO2. The molecular weight excluding hydrogens is 420 g/mol. The van der Waals surface area contributed by atoms with Gasteiger partial charge >= 0.3 is 5.97 Å². The predicted molar refractivity (Wildman–Crippen MR) is 125 cm³/mol. The standard InChI is InChI=1S/C28H33F2NO2/c1-3-4-5-6-20-7-11-23(12-8-20)19(2)15-22-16-25(29)27(26(30)17-22)28(32)33-24-13-9-21(18-31)10-14-24/h9-10,13-14,16-17,19-20,23H,3-8,11-12,15H2,1-2H3. The van der Waals surface area contributed by atoms with Crippen molar-refractivity contribution in [2.45, 2.75) is 71.6 Å². The van der Waals surface area contributed by atoms with Crippen LogP contribution in [0.4, 0.5) is 8.78 Å². The predicted octanol–water partition coefficient (Wildman–Crippen LogP) is 7.62. The van der Waals surface area contributed by atoms with E-state index in [4.69, 9.17) is 10.00 Å². The first-order chi connectivity index (χ1) is 15.9. The van der Waals surface area contributed by atoms with Crippen LogP contribution in [0.2, 0.25) is 0 Å². The largest absolute Gasteiger partial charge is 0.423 e. The highest BCUT2D eigenvalue weighted by molar-refractivity contribution is 5.91. The minimum Gasteiger partial charge on any atom is -0.423 e. The van der Waals surface area contributed by atoms with Crippen molar-refractivity contribution in [2.75, 3.05) is 0 Å². The van der Waals surface area contributed by atoms with E-state index < -0.39 is 23.2 Å². The van der Waals surface area contributed by atoms with Crippen molar-refractivity contribution < 1.29 is 18.3 Å². The summed E-state index contributed by atoms with van der Waals surface area (Å²) in [5.74, 6) is -1.05. The van der Waals surface area contributed by atoms with E-state index in [2.05, 4.69) is 13.8 Å². The van der Waals surface area contributed by atoms with Gasteiger partial charge in [0.2, 0.25) is 0 Å². The second-order valence-electron chi connectivity index (χ2n) is 9.42. The molecule has 2 aromatic carbocycles. The Morgan fingerprint density at radius 3 is 2.30 bits per heavy atom. The van der Waals surface area contributed by atoms with Crippen molar-refractivity contribution in [3.05, 3.63) is 64.7 Å². The number of carbonyl (C=O) groups excluding carboxylic acids is 1. The molecule has 0 saturated heterocycles. The molecule has 5 heteroatoms. The number of carbonyl (C=O) groups is 1. The molecule has 1 fully saturated rings. The Bertz CT molecular complexity index is 949. The highest BCUT2D eigenvalue weighted by Gasteiger charge is 2.26. The van der Waals surface area contributed by atoms with Crippen LogP contribution in [0.1, 0.15) is 86.7 Å². The summed E-state index contributed by atoms with van der Waals surface area (Å²) in [6.45, 7) is 4.39. The molecule has 176 valence electrons. The molecule has 1 aliphatic carbocycles. The van der Waals surface area contributed by atoms with Crippen LogP contribution in [0.3, 0.4) is 0 Å². The average Bonchev–Trinajstić information content (AvgIpc) is 2.79. The Balaban J connectivity index is 1.58. The third kappa shape index (κ3) is 6.87. The van der Waals surface area contributed by atoms with Crippen molar-refractivity contribution in [3.63, 3.8) is 0 Å². The van der Waals surface area contributed by atoms with Crippen molar-refractivity contribution in [3.8, 4) is 11.8 Å². The number of hydrogen-bond acceptors (Lipinski definition) is 3. The lowest BCUT2D eigenvalue weighted by Gasteiger charge is -2.32. The van der Waals surface area contributed by atoms with Crippen LogP contribution >= 0.6 is 0 Å². The molecule has 0 spiro atoms. The van der Waals surface area contributed by atoms with E-state index in [1.807, 2.05) is 6.07 Å². The lowest BCUT2D eigenvalue weighted by Crippen LogP contribution is -2.22. The first-order valence-electron chi connectivity index (χ1n) is 12.1. The van der Waals surface area contributed by atoms with Gasteiger partial charge in [-0.05, 0) is 79.0 Å². The number of nitriles is 1. The number of nitrogens with zero attached hydrogens (tertiary/aromatic N) is 1. The van der Waals surface area contributed by atoms with Crippen LogP contribution in [0.25, 0.3) is 0 Å². The number of halogens is 2. The molecule has 3 rings (SSSR count). The molecule has 0 bridgehead atoms. The molecule has 1 aliphatic rings. The van der Waals surface area contributed by atoms with Crippen molar-refractivity contribution in [1.82, 2.24) is 0 Å². The van der Waals surface area contributed by atoms with Gasteiger partial charge in [0.15, 0.2) is 0 Å². The monoisotopic (exact) mass is 453 g/mol. The molecule has 0 heterocycles. The smallest absolute Gasteiger partial charge is 0.349 e. The van der Waals surface area contributed by atoms with Gasteiger partial charge in [0.25, 0.3) is 0 Å². The van der Waals surface area contributed by atoms with Crippen molar-refractivity contribution in [1.29, 1.82) is 5.26 Å². The quantitative estimate of drug-likeness (QED) is 0.223. The van der Waals surface area contributed by atoms with Crippen LogP contribution in [-0.4, -0.2) is 5.97 Å². The summed E-state index contributed by atoms with van der Waals surface area (Å²) >= 11 is 0. The van der Waals surface area contributed by atoms with Crippen LogP contribution in [0, 0.1) is 40.7 Å². The maximum Gasteiger partial charge on any atom is 0.349 e. The normalized spacial score (nSPS) is 19.0. The van der Waals surface area contributed by atoms with E-state index in [0.717, 1.165) is 5.92 Å². The van der Waals surface area contributed by atoms with E-state index in [9.17, 15) is 13.6 Å². The summed E-state index contributed by atoms with van der Waals surface area (Å²) in [6, 6.07) is 10.2. The zero-order valence-corrected chi connectivity index (χ0v) is 19.6. The highest BCUT2D eigenvalue weighted by atomic mass is 19.1. The van der Waals surface area contributed by atoms with Crippen molar-refractivity contribution in [2.24, 2.45) is 17.8 Å². The molecule has 1 unspecified atom stereocenters. The third-order valence-corrected chi connectivity index (χ3v) is 6.97. The summed E-state index contributed by atoms with van der Waals surface area (Å²) in [6.07, 6.45) is 10.7. The zero-order chi connectivity index (χ0) is 23.8. The van der Waals surface area contributed by atoms with Crippen LogP contribution in [-0.2, 0) is 6.42 Å². The van der Waals surface area contributed by atoms with Crippen LogP contribution in [0.5, 0.6) is 5.75 Å². The molecule has 1 atom stereocenters. The Kier molecular flexibility index (Phi) is 9.00. The summed E-state index contributed by atoms with van der Waals surface area (Å²) in [4.78, 5) is 12.3. The Labute approximate surface area is 195 Å². The van der Waals surface area contributed by atoms with Gasteiger partial charge in [0.1, 0.15) is 22.9 Å². The van der Waals surface area contributed by atoms with Gasteiger partial charge in [0.05, 0.1) is 11.6 Å². The number of hydrogen-bond donors (Lipinski definition) is 0. The number of benzene rings is 2. The molecule has 2 aromatic rings. The van der Waals surface area contributed by atoms with Gasteiger partial charge in [-0.15, -0.1) is 0 Å². The summed E-state index contributed by atoms with van der Waals surface area (Å²) in [5, 5.41) is 8.83. The second kappa shape index (κ2) is 11.9. The fraction of sp³-hybridized carbons (Fsp3) is 0.500.